The minimum atomic E-state index is -0.559. The molecule has 2 rings (SSSR count). The van der Waals surface area contributed by atoms with Crippen LogP contribution in [0.5, 0.6) is 0 Å². The van der Waals surface area contributed by atoms with Gasteiger partial charge in [-0.2, -0.15) is 0 Å². The van der Waals surface area contributed by atoms with Crippen molar-refractivity contribution in [3.8, 4) is 0 Å². The fraction of sp³-hybridized carbons (Fsp3) is 0.938. The number of aliphatic carboxylic acids is 1. The summed E-state index contributed by atoms with van der Waals surface area (Å²) in [6.45, 7) is 6.38. The van der Waals surface area contributed by atoms with Crippen LogP contribution in [0.4, 0.5) is 0 Å². The molecule has 2 aliphatic rings. The van der Waals surface area contributed by atoms with Crippen LogP contribution >= 0.6 is 0 Å². The van der Waals surface area contributed by atoms with E-state index in [1.165, 1.54) is 25.7 Å². The molecule has 2 fully saturated rings. The van der Waals surface area contributed by atoms with Crippen molar-refractivity contribution in [3.63, 3.8) is 0 Å². The summed E-state index contributed by atoms with van der Waals surface area (Å²) < 4.78 is 0. The molecule has 1 aliphatic carbocycles. The summed E-state index contributed by atoms with van der Waals surface area (Å²) in [5, 5.41) is 9.74. The van der Waals surface area contributed by atoms with Crippen molar-refractivity contribution in [1.29, 1.82) is 0 Å². The van der Waals surface area contributed by atoms with Crippen LogP contribution in [0.25, 0.3) is 0 Å². The van der Waals surface area contributed by atoms with Gasteiger partial charge in [0.1, 0.15) is 0 Å². The van der Waals surface area contributed by atoms with Crippen LogP contribution in [0.2, 0.25) is 0 Å². The van der Waals surface area contributed by atoms with Crippen molar-refractivity contribution in [3.05, 3.63) is 0 Å². The fourth-order valence-electron chi connectivity index (χ4n) is 3.71. The Balaban J connectivity index is 2.05. The number of nitrogens with zero attached hydrogens (tertiary/aromatic N) is 1. The summed E-state index contributed by atoms with van der Waals surface area (Å²) in [6, 6.07) is 0.554. The quantitative estimate of drug-likeness (QED) is 0.850. The van der Waals surface area contributed by atoms with Gasteiger partial charge in [-0.1, -0.05) is 19.8 Å². The van der Waals surface area contributed by atoms with Crippen LogP contribution < -0.4 is 0 Å². The Morgan fingerprint density at radius 2 is 1.84 bits per heavy atom. The van der Waals surface area contributed by atoms with Crippen molar-refractivity contribution in [2.24, 2.45) is 11.3 Å². The minimum Gasteiger partial charge on any atom is -0.481 e. The van der Waals surface area contributed by atoms with Crippen LogP contribution in [0.3, 0.4) is 0 Å². The topological polar surface area (TPSA) is 40.5 Å². The van der Waals surface area contributed by atoms with Crippen molar-refractivity contribution < 1.29 is 9.90 Å². The first-order valence-electron chi connectivity index (χ1n) is 8.01. The number of likely N-dealkylation sites (tertiary alicyclic amines) is 1. The van der Waals surface area contributed by atoms with Gasteiger partial charge in [-0.15, -0.1) is 0 Å². The molecule has 1 saturated carbocycles. The zero-order chi connectivity index (χ0) is 13.9. The molecular weight excluding hydrogens is 238 g/mol. The lowest BCUT2D eigenvalue weighted by Crippen LogP contribution is -2.48. The summed E-state index contributed by atoms with van der Waals surface area (Å²) in [5.41, 5.74) is -0.467. The van der Waals surface area contributed by atoms with E-state index in [1.54, 1.807) is 0 Å². The maximum atomic E-state index is 11.8. The third-order valence-electron chi connectivity index (χ3n) is 5.38. The lowest BCUT2D eigenvalue weighted by molar-refractivity contribution is -0.153. The summed E-state index contributed by atoms with van der Waals surface area (Å²) in [6.07, 6.45) is 8.96. The predicted octanol–water partition coefficient (Wildman–Crippen LogP) is 3.53. The second kappa shape index (κ2) is 6.25. The monoisotopic (exact) mass is 267 g/mol. The summed E-state index contributed by atoms with van der Waals surface area (Å²) in [7, 11) is 0. The van der Waals surface area contributed by atoms with Gasteiger partial charge in [-0.05, 0) is 57.9 Å². The van der Waals surface area contributed by atoms with Crippen molar-refractivity contribution >= 4 is 5.97 Å². The Morgan fingerprint density at radius 3 is 2.47 bits per heavy atom. The number of carbonyl (C=O) groups is 1. The SMILES string of the molecule is CC1CCC(CN2CCCCCC2C)(C(=O)O)CC1. The summed E-state index contributed by atoms with van der Waals surface area (Å²) >= 11 is 0. The molecule has 0 amide bonds. The highest BCUT2D eigenvalue weighted by atomic mass is 16.4. The van der Waals surface area contributed by atoms with Crippen LogP contribution in [0.1, 0.15) is 65.2 Å². The second-order valence-electron chi connectivity index (χ2n) is 6.94. The molecular formula is C16H29NO2. The molecule has 110 valence electrons. The fourth-order valence-corrected chi connectivity index (χ4v) is 3.71. The Kier molecular flexibility index (Phi) is 4.88. The van der Waals surface area contributed by atoms with Gasteiger partial charge in [0, 0.05) is 12.6 Å². The Morgan fingerprint density at radius 1 is 1.16 bits per heavy atom. The first-order valence-corrected chi connectivity index (χ1v) is 8.01. The Labute approximate surface area is 117 Å². The number of hydrogen-bond donors (Lipinski definition) is 1. The molecule has 3 nitrogen and oxygen atoms in total. The van der Waals surface area contributed by atoms with Crippen LogP contribution in [-0.2, 0) is 4.79 Å². The van der Waals surface area contributed by atoms with Crippen molar-refractivity contribution in [2.45, 2.75) is 71.3 Å². The summed E-state index contributed by atoms with van der Waals surface area (Å²) in [4.78, 5) is 14.3. The van der Waals surface area contributed by atoms with Gasteiger partial charge in [0.15, 0.2) is 0 Å². The third-order valence-corrected chi connectivity index (χ3v) is 5.38. The van der Waals surface area contributed by atoms with Crippen molar-refractivity contribution in [1.82, 2.24) is 4.90 Å². The van der Waals surface area contributed by atoms with E-state index in [0.717, 1.165) is 38.8 Å². The normalized spacial score (nSPS) is 37.8. The smallest absolute Gasteiger partial charge is 0.310 e. The second-order valence-corrected chi connectivity index (χ2v) is 6.94. The van der Waals surface area contributed by atoms with Gasteiger partial charge in [-0.25, -0.2) is 0 Å². The van der Waals surface area contributed by atoms with E-state index < -0.39 is 11.4 Å². The molecule has 0 spiro atoms. The third kappa shape index (κ3) is 3.50. The van der Waals surface area contributed by atoms with Gasteiger partial charge < -0.3 is 5.11 Å². The standard InChI is InChI=1S/C16H29NO2/c1-13-7-9-16(10-8-13,15(18)19)12-17-11-5-3-4-6-14(17)2/h13-14H,3-12H2,1-2H3,(H,18,19). The number of carboxylic acid groups (broad SMARTS) is 1. The molecule has 1 aliphatic heterocycles. The zero-order valence-electron chi connectivity index (χ0n) is 12.5. The van der Waals surface area contributed by atoms with E-state index in [4.69, 9.17) is 0 Å². The number of hydrogen-bond acceptors (Lipinski definition) is 2. The highest BCUT2D eigenvalue weighted by Crippen LogP contribution is 2.40. The molecule has 1 unspecified atom stereocenters. The highest BCUT2D eigenvalue weighted by Gasteiger charge is 2.43. The largest absolute Gasteiger partial charge is 0.481 e. The predicted molar refractivity (Wildman–Crippen MR) is 77.2 cm³/mol. The minimum absolute atomic E-state index is 0.467. The Hall–Kier alpha value is -0.570. The van der Waals surface area contributed by atoms with E-state index in [9.17, 15) is 9.90 Å². The van der Waals surface area contributed by atoms with E-state index >= 15 is 0 Å². The molecule has 0 bridgehead atoms. The van der Waals surface area contributed by atoms with Gasteiger partial charge >= 0.3 is 5.97 Å². The highest BCUT2D eigenvalue weighted by molar-refractivity contribution is 5.75. The molecule has 3 heteroatoms. The van der Waals surface area contributed by atoms with E-state index in [-0.39, 0.29) is 0 Å². The van der Waals surface area contributed by atoms with E-state index in [0.29, 0.717) is 12.0 Å². The zero-order valence-corrected chi connectivity index (χ0v) is 12.5. The first kappa shape index (κ1) is 14.8. The Bertz CT molecular complexity index is 308. The van der Waals surface area contributed by atoms with Gasteiger partial charge in [-0.3, -0.25) is 9.69 Å². The average molecular weight is 267 g/mol. The number of rotatable bonds is 3. The van der Waals surface area contributed by atoms with Gasteiger partial charge in [0.2, 0.25) is 0 Å². The lowest BCUT2D eigenvalue weighted by Gasteiger charge is -2.41. The molecule has 0 aromatic carbocycles. The van der Waals surface area contributed by atoms with Crippen LogP contribution in [-0.4, -0.2) is 35.1 Å². The van der Waals surface area contributed by atoms with Gasteiger partial charge in [0.25, 0.3) is 0 Å². The van der Waals surface area contributed by atoms with Gasteiger partial charge in [0.05, 0.1) is 5.41 Å². The molecule has 1 saturated heterocycles. The van der Waals surface area contributed by atoms with Crippen LogP contribution in [0, 0.1) is 11.3 Å². The number of carboxylic acids is 1. The molecule has 0 aromatic heterocycles. The van der Waals surface area contributed by atoms with E-state index in [1.807, 2.05) is 0 Å². The van der Waals surface area contributed by atoms with Crippen molar-refractivity contribution in [2.75, 3.05) is 13.1 Å². The summed E-state index contributed by atoms with van der Waals surface area (Å²) in [5.74, 6) is 0.143. The maximum absolute atomic E-state index is 11.8. The molecule has 1 atom stereocenters. The maximum Gasteiger partial charge on any atom is 0.310 e. The average Bonchev–Trinajstić information content (AvgIpc) is 2.58. The molecule has 0 radical (unpaired) electrons. The first-order chi connectivity index (χ1) is 9.03. The molecule has 1 N–H and O–H groups in total. The van der Waals surface area contributed by atoms with Crippen LogP contribution in [0.15, 0.2) is 0 Å². The molecule has 0 aromatic rings. The molecule has 19 heavy (non-hydrogen) atoms. The lowest BCUT2D eigenvalue weighted by atomic mass is 9.70. The molecule has 1 heterocycles. The van der Waals surface area contributed by atoms with E-state index in [2.05, 4.69) is 18.7 Å².